The van der Waals surface area contributed by atoms with Gasteiger partial charge < -0.3 is 9.84 Å². The van der Waals surface area contributed by atoms with E-state index in [9.17, 15) is 9.90 Å². The molecule has 0 aliphatic carbocycles. The molecule has 2 unspecified atom stereocenters. The predicted octanol–water partition coefficient (Wildman–Crippen LogP) is 9.75. The third-order valence-corrected chi connectivity index (χ3v) is 8.48. The van der Waals surface area contributed by atoms with Crippen molar-refractivity contribution in [3.63, 3.8) is 0 Å². The standard InChI is InChI=1S/C35H52ClN3O3/c1-7-10-12-13-14-15-17-27(34(41)42-24-25(9-3)16-11-8-2)20-26-21-29(35(4,5)6)33(40)32(22-26)39-37-30-19-18-28(36)23-31(30)38-39/h18-19,21-23,25,27,40H,7-17,20,24H2,1-6H3. The molecule has 0 aliphatic rings. The van der Waals surface area contributed by atoms with E-state index in [4.69, 9.17) is 16.3 Å². The van der Waals surface area contributed by atoms with Crippen LogP contribution in [0.1, 0.15) is 123 Å². The molecule has 7 heteroatoms. The molecule has 3 aromatic rings. The molecule has 1 heterocycles. The first-order valence-electron chi connectivity index (χ1n) is 16.1. The molecule has 42 heavy (non-hydrogen) atoms. The lowest BCUT2D eigenvalue weighted by molar-refractivity contribution is -0.150. The van der Waals surface area contributed by atoms with E-state index in [1.54, 1.807) is 12.1 Å². The number of halogens is 1. The van der Waals surface area contributed by atoms with Gasteiger partial charge in [0.1, 0.15) is 22.5 Å². The summed E-state index contributed by atoms with van der Waals surface area (Å²) in [5.41, 5.74) is 3.29. The topological polar surface area (TPSA) is 77.2 Å². The molecule has 0 aliphatic heterocycles. The maximum absolute atomic E-state index is 13.5. The molecule has 2 aromatic carbocycles. The molecule has 3 rings (SSSR count). The van der Waals surface area contributed by atoms with Crippen molar-refractivity contribution in [2.45, 2.75) is 124 Å². The summed E-state index contributed by atoms with van der Waals surface area (Å²) < 4.78 is 5.98. The van der Waals surface area contributed by atoms with Crippen LogP contribution in [0, 0.1) is 11.8 Å². The second-order valence-electron chi connectivity index (χ2n) is 12.9. The monoisotopic (exact) mass is 597 g/mol. The average molecular weight is 598 g/mol. The number of fused-ring (bicyclic) bond motifs is 1. The van der Waals surface area contributed by atoms with Gasteiger partial charge in [0.25, 0.3) is 0 Å². The fraction of sp³-hybridized carbons (Fsp3) is 0.629. The van der Waals surface area contributed by atoms with Gasteiger partial charge in [0.05, 0.1) is 12.5 Å². The summed E-state index contributed by atoms with van der Waals surface area (Å²) in [6.07, 6.45) is 12.8. The van der Waals surface area contributed by atoms with E-state index >= 15 is 0 Å². The average Bonchev–Trinajstić information content (AvgIpc) is 3.37. The minimum Gasteiger partial charge on any atom is -0.505 e. The number of rotatable bonds is 17. The van der Waals surface area contributed by atoms with E-state index < -0.39 is 0 Å². The van der Waals surface area contributed by atoms with Crippen LogP contribution in [0.5, 0.6) is 5.75 Å². The maximum atomic E-state index is 13.5. The van der Waals surface area contributed by atoms with Gasteiger partial charge in [-0.25, -0.2) is 0 Å². The van der Waals surface area contributed by atoms with Crippen molar-refractivity contribution in [1.82, 2.24) is 15.0 Å². The summed E-state index contributed by atoms with van der Waals surface area (Å²) in [5, 5.41) is 21.2. The number of carbonyl (C=O) groups is 1. The molecule has 0 bridgehead atoms. The van der Waals surface area contributed by atoms with Gasteiger partial charge in [-0.05, 0) is 60.4 Å². The highest BCUT2D eigenvalue weighted by Crippen LogP contribution is 2.37. The summed E-state index contributed by atoms with van der Waals surface area (Å²) in [6.45, 7) is 13.3. The van der Waals surface area contributed by atoms with Gasteiger partial charge in [0.15, 0.2) is 0 Å². The number of phenolic OH excluding ortho intramolecular Hbond substituents is 1. The minimum atomic E-state index is -0.326. The van der Waals surface area contributed by atoms with E-state index in [0.717, 1.165) is 56.1 Å². The van der Waals surface area contributed by atoms with Gasteiger partial charge in [-0.3, -0.25) is 4.79 Å². The highest BCUT2D eigenvalue weighted by atomic mass is 35.5. The van der Waals surface area contributed by atoms with Crippen molar-refractivity contribution in [2.75, 3.05) is 6.61 Å². The number of phenols is 1. The van der Waals surface area contributed by atoms with Crippen molar-refractivity contribution in [1.29, 1.82) is 0 Å². The molecule has 0 spiro atoms. The Morgan fingerprint density at radius 1 is 0.929 bits per heavy atom. The van der Waals surface area contributed by atoms with Crippen LogP contribution in [-0.2, 0) is 21.4 Å². The number of ether oxygens (including phenoxy) is 1. The molecule has 2 atom stereocenters. The molecular formula is C35H52ClN3O3. The van der Waals surface area contributed by atoms with Crippen LogP contribution in [0.25, 0.3) is 16.7 Å². The smallest absolute Gasteiger partial charge is 0.309 e. The fourth-order valence-electron chi connectivity index (χ4n) is 5.49. The van der Waals surface area contributed by atoms with Crippen LogP contribution < -0.4 is 0 Å². The minimum absolute atomic E-state index is 0.108. The summed E-state index contributed by atoms with van der Waals surface area (Å²) >= 11 is 6.19. The van der Waals surface area contributed by atoms with E-state index in [1.807, 2.05) is 18.2 Å². The molecule has 0 saturated heterocycles. The predicted molar refractivity (Wildman–Crippen MR) is 174 cm³/mol. The number of hydrogen-bond donors (Lipinski definition) is 1. The highest BCUT2D eigenvalue weighted by Gasteiger charge is 2.27. The molecule has 1 aromatic heterocycles. The van der Waals surface area contributed by atoms with Crippen molar-refractivity contribution in [2.24, 2.45) is 11.8 Å². The van der Waals surface area contributed by atoms with Crippen molar-refractivity contribution < 1.29 is 14.6 Å². The lowest BCUT2D eigenvalue weighted by Crippen LogP contribution is -2.24. The summed E-state index contributed by atoms with van der Waals surface area (Å²) in [7, 11) is 0. The first kappa shape index (κ1) is 33.9. The van der Waals surface area contributed by atoms with Gasteiger partial charge >= 0.3 is 5.97 Å². The van der Waals surface area contributed by atoms with Crippen LogP contribution in [0.15, 0.2) is 30.3 Å². The Labute approximate surface area is 258 Å². The molecule has 6 nitrogen and oxygen atoms in total. The summed E-state index contributed by atoms with van der Waals surface area (Å²) in [6, 6.07) is 9.33. The van der Waals surface area contributed by atoms with Crippen LogP contribution in [0.2, 0.25) is 5.02 Å². The first-order valence-corrected chi connectivity index (χ1v) is 16.5. The zero-order chi connectivity index (χ0) is 30.7. The van der Waals surface area contributed by atoms with E-state index in [1.165, 1.54) is 30.5 Å². The third kappa shape index (κ3) is 9.72. The Hall–Kier alpha value is -2.60. The quantitative estimate of drug-likeness (QED) is 0.124. The molecule has 1 N–H and O–H groups in total. The Morgan fingerprint density at radius 2 is 1.62 bits per heavy atom. The van der Waals surface area contributed by atoms with Gasteiger partial charge in [0, 0.05) is 10.6 Å². The SMILES string of the molecule is CCCCCCCCC(Cc1cc(-n2nc3ccc(Cl)cc3n2)c(O)c(C(C)(C)C)c1)C(=O)OCC(CC)CCCC. The molecule has 0 radical (unpaired) electrons. The number of benzene rings is 2. The number of unbranched alkanes of at least 4 members (excludes halogenated alkanes) is 6. The van der Waals surface area contributed by atoms with Gasteiger partial charge in [-0.1, -0.05) is 117 Å². The number of nitrogens with zero attached hydrogens (tertiary/aromatic N) is 3. The first-order chi connectivity index (χ1) is 20.1. The second-order valence-corrected chi connectivity index (χ2v) is 13.3. The summed E-state index contributed by atoms with van der Waals surface area (Å²) in [4.78, 5) is 15.0. The van der Waals surface area contributed by atoms with Gasteiger partial charge in [0.2, 0.25) is 0 Å². The van der Waals surface area contributed by atoms with E-state index in [2.05, 4.69) is 51.7 Å². The van der Waals surface area contributed by atoms with Crippen LogP contribution >= 0.6 is 11.6 Å². The zero-order valence-corrected chi connectivity index (χ0v) is 27.5. The van der Waals surface area contributed by atoms with Crippen molar-refractivity contribution in [3.8, 4) is 11.4 Å². The number of aromatic nitrogens is 3. The Bertz CT molecular complexity index is 1280. The molecular weight excluding hydrogens is 546 g/mol. The Kier molecular flexibility index (Phi) is 13.2. The van der Waals surface area contributed by atoms with Crippen LogP contribution in [0.4, 0.5) is 0 Å². The number of hydrogen-bond acceptors (Lipinski definition) is 5. The summed E-state index contributed by atoms with van der Waals surface area (Å²) in [5.74, 6) is 0.205. The lowest BCUT2D eigenvalue weighted by Gasteiger charge is -2.24. The highest BCUT2D eigenvalue weighted by molar-refractivity contribution is 6.31. The van der Waals surface area contributed by atoms with E-state index in [0.29, 0.717) is 40.7 Å². The van der Waals surface area contributed by atoms with Crippen LogP contribution in [0.3, 0.4) is 0 Å². The second kappa shape index (κ2) is 16.3. The molecule has 0 saturated carbocycles. The number of carbonyl (C=O) groups excluding carboxylic acids is 1. The molecule has 232 valence electrons. The third-order valence-electron chi connectivity index (χ3n) is 8.24. The molecule has 0 fully saturated rings. The zero-order valence-electron chi connectivity index (χ0n) is 26.7. The normalized spacial score (nSPS) is 13.4. The van der Waals surface area contributed by atoms with Gasteiger partial charge in [-0.2, -0.15) is 0 Å². The van der Waals surface area contributed by atoms with Crippen LogP contribution in [-0.4, -0.2) is 32.7 Å². The lowest BCUT2D eigenvalue weighted by atomic mass is 9.83. The fourth-order valence-corrected chi connectivity index (χ4v) is 5.66. The Morgan fingerprint density at radius 3 is 2.31 bits per heavy atom. The Balaban J connectivity index is 1.90. The largest absolute Gasteiger partial charge is 0.505 e. The maximum Gasteiger partial charge on any atom is 0.309 e. The van der Waals surface area contributed by atoms with Crippen molar-refractivity contribution in [3.05, 3.63) is 46.5 Å². The van der Waals surface area contributed by atoms with E-state index in [-0.39, 0.29) is 23.1 Å². The van der Waals surface area contributed by atoms with Crippen molar-refractivity contribution >= 4 is 28.6 Å². The van der Waals surface area contributed by atoms with Gasteiger partial charge in [-0.15, -0.1) is 15.0 Å². The number of esters is 1. The molecule has 0 amide bonds. The number of aromatic hydroxyl groups is 1.